The first-order chi connectivity index (χ1) is 11.5. The minimum Gasteiger partial charge on any atom is -0.335 e. The Labute approximate surface area is 151 Å². The van der Waals surface area contributed by atoms with Gasteiger partial charge in [-0.2, -0.15) is 0 Å². The van der Waals surface area contributed by atoms with Gasteiger partial charge in [0, 0.05) is 37.7 Å². The van der Waals surface area contributed by atoms with E-state index in [4.69, 9.17) is 23.2 Å². The number of aryl methyl sites for hydroxylation is 1. The predicted molar refractivity (Wildman–Crippen MR) is 96.7 cm³/mol. The molecular formula is C17H20Cl2N4O. The largest absolute Gasteiger partial charge is 0.335 e. The third-order valence-electron chi connectivity index (χ3n) is 4.45. The lowest BCUT2D eigenvalue weighted by molar-refractivity contribution is 0.176. The standard InChI is InChI=1S/C17H20Cl2N4O/c1-12-20-6-9-23(12)11-13-4-7-22(8-5-13)17(24)21-14-2-3-15(18)16(19)10-14/h2-3,6,9-10,13H,4-5,7-8,11H2,1H3,(H,21,24). The van der Waals surface area contributed by atoms with Crippen LogP contribution in [-0.4, -0.2) is 33.6 Å². The van der Waals surface area contributed by atoms with E-state index >= 15 is 0 Å². The molecule has 1 fully saturated rings. The monoisotopic (exact) mass is 366 g/mol. The van der Waals surface area contributed by atoms with Gasteiger partial charge in [0.2, 0.25) is 0 Å². The third kappa shape index (κ3) is 4.02. The van der Waals surface area contributed by atoms with Crippen molar-refractivity contribution in [2.45, 2.75) is 26.3 Å². The summed E-state index contributed by atoms with van der Waals surface area (Å²) in [6.07, 6.45) is 5.83. The number of nitrogens with zero attached hydrogens (tertiary/aromatic N) is 3. The van der Waals surface area contributed by atoms with Crippen molar-refractivity contribution in [2.24, 2.45) is 5.92 Å². The zero-order valence-electron chi connectivity index (χ0n) is 13.5. The van der Waals surface area contributed by atoms with E-state index in [1.165, 1.54) is 0 Å². The second-order valence-electron chi connectivity index (χ2n) is 6.12. The maximum absolute atomic E-state index is 12.4. The van der Waals surface area contributed by atoms with Crippen LogP contribution in [0.3, 0.4) is 0 Å². The molecule has 128 valence electrons. The molecule has 0 aliphatic carbocycles. The van der Waals surface area contributed by atoms with Crippen molar-refractivity contribution < 1.29 is 4.79 Å². The zero-order valence-corrected chi connectivity index (χ0v) is 15.0. The summed E-state index contributed by atoms with van der Waals surface area (Å²) in [5.74, 6) is 1.61. The number of rotatable bonds is 3. The average molecular weight is 367 g/mol. The highest BCUT2D eigenvalue weighted by molar-refractivity contribution is 6.42. The second-order valence-corrected chi connectivity index (χ2v) is 6.93. The van der Waals surface area contributed by atoms with Crippen molar-refractivity contribution >= 4 is 34.9 Å². The molecule has 3 rings (SSSR count). The first kappa shape index (κ1) is 17.1. The first-order valence-electron chi connectivity index (χ1n) is 8.01. The van der Waals surface area contributed by atoms with Gasteiger partial charge in [-0.15, -0.1) is 0 Å². The van der Waals surface area contributed by atoms with Crippen molar-refractivity contribution in [1.29, 1.82) is 0 Å². The Morgan fingerprint density at radius 1 is 1.29 bits per heavy atom. The number of halogens is 2. The summed E-state index contributed by atoms with van der Waals surface area (Å²) in [6.45, 7) is 4.49. The number of hydrogen-bond donors (Lipinski definition) is 1. The molecule has 1 aromatic heterocycles. The van der Waals surface area contributed by atoms with Crippen molar-refractivity contribution in [3.8, 4) is 0 Å². The molecule has 1 aliphatic rings. The first-order valence-corrected chi connectivity index (χ1v) is 8.77. The maximum atomic E-state index is 12.4. The zero-order chi connectivity index (χ0) is 17.1. The van der Waals surface area contributed by atoms with E-state index in [1.54, 1.807) is 18.2 Å². The Bertz CT molecular complexity index is 723. The van der Waals surface area contributed by atoms with Crippen LogP contribution < -0.4 is 5.32 Å². The molecule has 1 aromatic carbocycles. The van der Waals surface area contributed by atoms with Crippen molar-refractivity contribution in [3.05, 3.63) is 46.5 Å². The topological polar surface area (TPSA) is 50.2 Å². The highest BCUT2D eigenvalue weighted by atomic mass is 35.5. The fourth-order valence-electron chi connectivity index (χ4n) is 2.97. The van der Waals surface area contributed by atoms with E-state index in [0.717, 1.165) is 38.3 Å². The van der Waals surface area contributed by atoms with Gasteiger partial charge in [-0.1, -0.05) is 23.2 Å². The lowest BCUT2D eigenvalue weighted by atomic mass is 9.97. The number of amides is 2. The summed E-state index contributed by atoms with van der Waals surface area (Å²) in [6, 6.07) is 5.00. The smallest absolute Gasteiger partial charge is 0.321 e. The minimum atomic E-state index is -0.0920. The van der Waals surface area contributed by atoms with Crippen LogP contribution in [0, 0.1) is 12.8 Å². The molecule has 7 heteroatoms. The normalized spacial score (nSPS) is 15.5. The SMILES string of the molecule is Cc1nccn1CC1CCN(C(=O)Nc2ccc(Cl)c(Cl)c2)CC1. The molecule has 0 unspecified atom stereocenters. The Morgan fingerprint density at radius 3 is 2.67 bits per heavy atom. The summed E-state index contributed by atoms with van der Waals surface area (Å²) in [5.41, 5.74) is 0.658. The lowest BCUT2D eigenvalue weighted by Crippen LogP contribution is -2.41. The fraction of sp³-hybridized carbons (Fsp3) is 0.412. The van der Waals surface area contributed by atoms with Crippen molar-refractivity contribution in [2.75, 3.05) is 18.4 Å². The van der Waals surface area contributed by atoms with E-state index < -0.39 is 0 Å². The molecule has 0 bridgehead atoms. The number of aromatic nitrogens is 2. The van der Waals surface area contributed by atoms with E-state index in [2.05, 4.69) is 14.9 Å². The number of carbonyl (C=O) groups is 1. The molecule has 2 aromatic rings. The Balaban J connectivity index is 1.51. The summed E-state index contributed by atoms with van der Waals surface area (Å²) < 4.78 is 2.18. The minimum absolute atomic E-state index is 0.0920. The van der Waals surface area contributed by atoms with E-state index in [1.807, 2.05) is 24.2 Å². The molecule has 0 spiro atoms. The van der Waals surface area contributed by atoms with E-state index in [0.29, 0.717) is 21.7 Å². The number of anilines is 1. The molecule has 0 atom stereocenters. The molecule has 5 nitrogen and oxygen atoms in total. The fourth-order valence-corrected chi connectivity index (χ4v) is 3.27. The van der Waals surface area contributed by atoms with Gasteiger partial charge in [0.1, 0.15) is 5.82 Å². The third-order valence-corrected chi connectivity index (χ3v) is 5.19. The van der Waals surface area contributed by atoms with E-state index in [-0.39, 0.29) is 6.03 Å². The maximum Gasteiger partial charge on any atom is 0.321 e. The molecule has 1 saturated heterocycles. The van der Waals surface area contributed by atoms with Gasteiger partial charge >= 0.3 is 6.03 Å². The van der Waals surface area contributed by atoms with Crippen molar-refractivity contribution in [1.82, 2.24) is 14.5 Å². The Morgan fingerprint density at radius 2 is 2.04 bits per heavy atom. The van der Waals surface area contributed by atoms with Gasteiger partial charge in [-0.05, 0) is 43.9 Å². The van der Waals surface area contributed by atoms with E-state index in [9.17, 15) is 4.79 Å². The number of benzene rings is 1. The van der Waals surface area contributed by atoms with Gasteiger partial charge in [-0.3, -0.25) is 0 Å². The summed E-state index contributed by atoms with van der Waals surface area (Å²) >= 11 is 11.9. The van der Waals surface area contributed by atoms with Crippen LogP contribution in [-0.2, 0) is 6.54 Å². The molecule has 24 heavy (non-hydrogen) atoms. The van der Waals surface area contributed by atoms with Crippen LogP contribution in [0.25, 0.3) is 0 Å². The lowest BCUT2D eigenvalue weighted by Gasteiger charge is -2.32. The molecular weight excluding hydrogens is 347 g/mol. The summed E-state index contributed by atoms with van der Waals surface area (Å²) in [5, 5.41) is 3.79. The second kappa shape index (κ2) is 7.45. The van der Waals surface area contributed by atoms with Gasteiger partial charge in [0.05, 0.1) is 10.0 Å². The molecule has 2 amide bonds. The number of urea groups is 1. The van der Waals surface area contributed by atoms with Crippen LogP contribution in [0.15, 0.2) is 30.6 Å². The highest BCUT2D eigenvalue weighted by Crippen LogP contribution is 2.26. The van der Waals surface area contributed by atoms with Crippen LogP contribution in [0.1, 0.15) is 18.7 Å². The summed E-state index contributed by atoms with van der Waals surface area (Å²) in [7, 11) is 0. The number of piperidine rings is 1. The predicted octanol–water partition coefficient (Wildman–Crippen LogP) is 4.44. The summed E-state index contributed by atoms with van der Waals surface area (Å²) in [4.78, 5) is 18.5. The van der Waals surface area contributed by atoms with Gasteiger partial charge in [0.25, 0.3) is 0 Å². The average Bonchev–Trinajstić information content (AvgIpc) is 2.97. The Hall–Kier alpha value is -1.72. The number of likely N-dealkylation sites (tertiary alicyclic amines) is 1. The Kier molecular flexibility index (Phi) is 5.31. The molecule has 1 aliphatic heterocycles. The van der Waals surface area contributed by atoms with Crippen LogP contribution >= 0.6 is 23.2 Å². The van der Waals surface area contributed by atoms with Crippen LogP contribution in [0.4, 0.5) is 10.5 Å². The van der Waals surface area contributed by atoms with Gasteiger partial charge < -0.3 is 14.8 Å². The van der Waals surface area contributed by atoms with Gasteiger partial charge in [-0.25, -0.2) is 9.78 Å². The molecule has 0 radical (unpaired) electrons. The van der Waals surface area contributed by atoms with Crippen LogP contribution in [0.5, 0.6) is 0 Å². The van der Waals surface area contributed by atoms with Crippen molar-refractivity contribution in [3.63, 3.8) is 0 Å². The van der Waals surface area contributed by atoms with Gasteiger partial charge in [0.15, 0.2) is 0 Å². The number of carbonyl (C=O) groups excluding carboxylic acids is 1. The number of nitrogens with one attached hydrogen (secondary N) is 1. The number of hydrogen-bond acceptors (Lipinski definition) is 2. The number of imidazole rings is 1. The molecule has 1 N–H and O–H groups in total. The van der Waals surface area contributed by atoms with Crippen LogP contribution in [0.2, 0.25) is 10.0 Å². The molecule has 0 saturated carbocycles. The molecule has 2 heterocycles. The quantitative estimate of drug-likeness (QED) is 0.872. The highest BCUT2D eigenvalue weighted by Gasteiger charge is 2.23.